The van der Waals surface area contributed by atoms with Gasteiger partial charge < -0.3 is 4.55 Å². The highest BCUT2D eigenvalue weighted by Crippen LogP contribution is 2.48. The van der Waals surface area contributed by atoms with Crippen LogP contribution in [-0.4, -0.2) is 23.0 Å². The Hall–Kier alpha value is -1.06. The number of hydrogen-bond acceptors (Lipinski definition) is 3. The quantitative estimate of drug-likeness (QED) is 0.106. The van der Waals surface area contributed by atoms with Gasteiger partial charge in [0.25, 0.3) is 10.3 Å². The van der Waals surface area contributed by atoms with Gasteiger partial charge >= 0.3 is 11.1 Å². The van der Waals surface area contributed by atoms with Gasteiger partial charge in [-0.3, -0.25) is 0 Å². The zero-order valence-corrected chi connectivity index (χ0v) is 29.1. The van der Waals surface area contributed by atoms with Crippen LogP contribution in [0, 0.1) is 0 Å². The smallest absolute Gasteiger partial charge is 0.485 e. The first-order valence-electron chi connectivity index (χ1n) is 13.1. The molecule has 3 aromatic rings. The molecule has 0 N–H and O–H groups in total. The SMILES string of the molecule is CC(C)c1cccc(C(C)C)c1-n1c(Cl)c(Cl)[n+](-c2c(C(C)C)cccc2C(C)C)c1P(Cl)Cl.O=S(=O)([O-])C(F)(F)F. The van der Waals surface area contributed by atoms with Gasteiger partial charge in [-0.05, 0) is 46.9 Å². The van der Waals surface area contributed by atoms with Crippen molar-refractivity contribution in [3.05, 3.63) is 69.0 Å². The van der Waals surface area contributed by atoms with Crippen molar-refractivity contribution in [2.24, 2.45) is 0 Å². The van der Waals surface area contributed by atoms with Crippen molar-refractivity contribution in [2.45, 2.75) is 84.6 Å². The van der Waals surface area contributed by atoms with Gasteiger partial charge in [0.1, 0.15) is 11.4 Å². The molecular weight excluding hydrogens is 674 g/mol. The Bertz CT molecular complexity index is 1380. The first kappa shape index (κ1) is 37.1. The fourth-order valence-corrected chi connectivity index (χ4v) is 6.77. The average Bonchev–Trinajstić information content (AvgIpc) is 3.12. The number of aromatic nitrogens is 2. The molecule has 1 aromatic heterocycles. The maximum Gasteiger partial charge on any atom is 0.485 e. The Balaban J connectivity index is 0.000000675. The largest absolute Gasteiger partial charge is 0.741 e. The van der Waals surface area contributed by atoms with Gasteiger partial charge in [-0.25, -0.2) is 8.42 Å². The van der Waals surface area contributed by atoms with Crippen LogP contribution in [0.1, 0.15) is 101 Å². The number of rotatable bonds is 7. The van der Waals surface area contributed by atoms with Gasteiger partial charge in [-0.15, -0.1) is 0 Å². The molecule has 3 rings (SSSR count). The highest BCUT2D eigenvalue weighted by atomic mass is 35.9. The van der Waals surface area contributed by atoms with Crippen molar-refractivity contribution in [3.8, 4) is 11.4 Å². The molecular formula is C28H34Cl4F3N2O3PS. The van der Waals surface area contributed by atoms with Crippen molar-refractivity contribution >= 4 is 68.0 Å². The van der Waals surface area contributed by atoms with Crippen LogP contribution in [0.2, 0.25) is 10.3 Å². The van der Waals surface area contributed by atoms with E-state index in [1.807, 2.05) is 9.13 Å². The molecule has 0 unspecified atom stereocenters. The second kappa shape index (κ2) is 14.4. The first-order chi connectivity index (χ1) is 19.1. The van der Waals surface area contributed by atoms with Crippen LogP contribution < -0.4 is 10.1 Å². The van der Waals surface area contributed by atoms with Crippen LogP contribution in [0.5, 0.6) is 0 Å². The number of benzene rings is 2. The van der Waals surface area contributed by atoms with E-state index >= 15 is 0 Å². The van der Waals surface area contributed by atoms with Crippen LogP contribution in [-0.2, 0) is 10.1 Å². The average molecular weight is 708 g/mol. The Labute approximate surface area is 267 Å². The van der Waals surface area contributed by atoms with E-state index < -0.39 is 22.3 Å². The third-order valence-corrected chi connectivity index (χ3v) is 9.50. The highest BCUT2D eigenvalue weighted by Gasteiger charge is 2.40. The zero-order valence-electron chi connectivity index (χ0n) is 24.4. The van der Waals surface area contributed by atoms with E-state index in [-0.39, 0.29) is 23.7 Å². The highest BCUT2D eigenvalue weighted by molar-refractivity contribution is 8.08. The fraction of sp³-hybridized carbons (Fsp3) is 0.464. The molecule has 0 saturated heterocycles. The molecule has 0 aliphatic heterocycles. The summed E-state index contributed by atoms with van der Waals surface area (Å²) in [4.78, 5) is 0. The minimum Gasteiger partial charge on any atom is -0.741 e. The third-order valence-electron chi connectivity index (χ3n) is 6.53. The minimum absolute atomic E-state index is 0.276. The second-order valence-corrected chi connectivity index (χ2v) is 16.4. The van der Waals surface area contributed by atoms with Gasteiger partial charge in [0.2, 0.25) is 6.63 Å². The standard InChI is InChI=1S/C27H34Cl4N2P.CHF3O3S/c1-15(2)19-11-9-12-20(16(3)4)23(19)32-25(28)26(29)33(27(32)34(30)31)24-21(17(5)6)13-10-14-22(24)18(7)8;2-1(3,4)8(5,6)7/h9-18H,1-8H3;(H,5,6,7)/q+1;/p-1. The molecule has 0 amide bonds. The summed E-state index contributed by atoms with van der Waals surface area (Å²) >= 11 is 27.7. The van der Waals surface area contributed by atoms with Crippen LogP contribution >= 0.6 is 52.3 Å². The lowest BCUT2D eigenvalue weighted by Crippen LogP contribution is -2.47. The van der Waals surface area contributed by atoms with E-state index in [0.717, 1.165) is 11.4 Å². The lowest BCUT2D eigenvalue weighted by molar-refractivity contribution is -0.573. The van der Waals surface area contributed by atoms with E-state index in [0.29, 0.717) is 15.9 Å². The van der Waals surface area contributed by atoms with Crippen molar-refractivity contribution < 1.29 is 30.7 Å². The zero-order chi connectivity index (χ0) is 32.5. The maximum atomic E-state index is 10.7. The summed E-state index contributed by atoms with van der Waals surface area (Å²) in [6.07, 6.45) is 0. The number of halogens is 7. The minimum atomic E-state index is -6.09. The van der Waals surface area contributed by atoms with Crippen LogP contribution in [0.3, 0.4) is 0 Å². The molecule has 14 heteroatoms. The summed E-state index contributed by atoms with van der Waals surface area (Å²) in [6, 6.07) is 12.8. The summed E-state index contributed by atoms with van der Waals surface area (Å²) in [6.45, 7) is 15.9. The number of imidazole rings is 1. The Morgan fingerprint density at radius 1 is 0.786 bits per heavy atom. The van der Waals surface area contributed by atoms with Gasteiger partial charge in [-0.2, -0.15) is 22.3 Å². The molecule has 0 bridgehead atoms. The Morgan fingerprint density at radius 3 is 1.40 bits per heavy atom. The van der Waals surface area contributed by atoms with Gasteiger partial charge in [0.05, 0.1) is 0 Å². The summed E-state index contributed by atoms with van der Waals surface area (Å²) < 4.78 is 62.9. The third kappa shape index (κ3) is 7.96. The number of nitrogens with zero attached hydrogens (tertiary/aromatic N) is 2. The normalized spacial score (nSPS) is 12.6. The molecule has 1 heterocycles. The second-order valence-electron chi connectivity index (χ2n) is 10.9. The molecule has 0 spiro atoms. The van der Waals surface area contributed by atoms with Gasteiger partial charge in [0, 0.05) is 22.3 Å². The first-order valence-corrected chi connectivity index (χ1v) is 18.4. The van der Waals surface area contributed by atoms with Crippen molar-refractivity contribution in [2.75, 3.05) is 0 Å². The van der Waals surface area contributed by atoms with E-state index in [1.54, 1.807) is 0 Å². The van der Waals surface area contributed by atoms with Crippen molar-refractivity contribution in [3.63, 3.8) is 0 Å². The Kier molecular flexibility index (Phi) is 12.7. The fourth-order valence-electron chi connectivity index (χ4n) is 4.55. The van der Waals surface area contributed by atoms with Gasteiger partial charge in [-0.1, -0.05) is 114 Å². The molecule has 0 saturated carbocycles. The molecule has 0 radical (unpaired) electrons. The number of alkyl halides is 3. The van der Waals surface area contributed by atoms with Crippen LogP contribution in [0.25, 0.3) is 11.4 Å². The summed E-state index contributed by atoms with van der Waals surface area (Å²) in [7, 11) is -6.09. The topological polar surface area (TPSA) is 66.0 Å². The van der Waals surface area contributed by atoms with Crippen LogP contribution in [0.4, 0.5) is 13.2 Å². The summed E-state index contributed by atoms with van der Waals surface area (Å²) in [5, 5.41) is 0.850. The summed E-state index contributed by atoms with van der Waals surface area (Å²) in [5.41, 5.74) is 1.83. The lowest BCUT2D eigenvalue weighted by atomic mass is 9.92. The van der Waals surface area contributed by atoms with E-state index in [4.69, 9.17) is 58.7 Å². The van der Waals surface area contributed by atoms with E-state index in [9.17, 15) is 13.2 Å². The predicted octanol–water partition coefficient (Wildman–Crippen LogP) is 10.0. The van der Waals surface area contributed by atoms with E-state index in [2.05, 4.69) is 91.8 Å². The van der Waals surface area contributed by atoms with E-state index in [1.165, 1.54) is 22.3 Å². The predicted molar refractivity (Wildman–Crippen MR) is 168 cm³/mol. The monoisotopic (exact) mass is 706 g/mol. The molecule has 2 aromatic carbocycles. The molecule has 5 nitrogen and oxygen atoms in total. The maximum absolute atomic E-state index is 10.7. The van der Waals surface area contributed by atoms with Crippen molar-refractivity contribution in [1.82, 2.24) is 4.57 Å². The van der Waals surface area contributed by atoms with Gasteiger partial charge in [0.15, 0.2) is 10.1 Å². The van der Waals surface area contributed by atoms with Crippen LogP contribution in [0.15, 0.2) is 36.4 Å². The molecule has 42 heavy (non-hydrogen) atoms. The molecule has 0 atom stereocenters. The summed E-state index contributed by atoms with van der Waals surface area (Å²) in [5.74, 6) is 1.10. The molecule has 234 valence electrons. The number of hydrogen-bond donors (Lipinski definition) is 0. The number of para-hydroxylation sites is 2. The molecule has 0 fully saturated rings. The molecule has 0 aliphatic rings. The Morgan fingerprint density at radius 2 is 1.12 bits per heavy atom. The molecule has 0 aliphatic carbocycles. The van der Waals surface area contributed by atoms with Crippen molar-refractivity contribution in [1.29, 1.82) is 0 Å². The lowest BCUT2D eigenvalue weighted by Gasteiger charge is -2.20.